The van der Waals surface area contributed by atoms with E-state index in [1.165, 1.54) is 38.5 Å². The summed E-state index contributed by atoms with van der Waals surface area (Å²) in [5.41, 5.74) is 6.98. The quantitative estimate of drug-likeness (QED) is 0.467. The Balaban J connectivity index is 2.05. The Bertz CT molecular complexity index is 1180. The van der Waals surface area contributed by atoms with Gasteiger partial charge in [-0.3, -0.25) is 4.79 Å². The lowest BCUT2D eigenvalue weighted by molar-refractivity contribution is -0.121. The van der Waals surface area contributed by atoms with Crippen molar-refractivity contribution in [2.75, 3.05) is 20.8 Å². The van der Waals surface area contributed by atoms with Gasteiger partial charge in [0.05, 0.1) is 19.1 Å². The fourth-order valence-corrected chi connectivity index (χ4v) is 5.20. The number of benzene rings is 3. The number of nitrogens with two attached hydrogens (primary N) is 1. The van der Waals surface area contributed by atoms with Crippen LogP contribution in [0.3, 0.4) is 0 Å². The van der Waals surface area contributed by atoms with Crippen molar-refractivity contribution in [3.63, 3.8) is 0 Å². The normalized spacial score (nSPS) is 12.4. The largest absolute Gasteiger partial charge is 0.497 e. The molecular formula is C24H25ClN2O5S. The summed E-state index contributed by atoms with van der Waals surface area (Å²) >= 11 is 5.94. The zero-order valence-corrected chi connectivity index (χ0v) is 19.8. The molecule has 3 aromatic rings. The number of hydrogen-bond donors (Lipinski definition) is 1. The van der Waals surface area contributed by atoms with Crippen LogP contribution in [0.5, 0.6) is 11.5 Å². The molecule has 2 N–H and O–H groups in total. The van der Waals surface area contributed by atoms with Crippen molar-refractivity contribution >= 4 is 27.5 Å². The molecule has 0 saturated heterocycles. The van der Waals surface area contributed by atoms with Crippen LogP contribution in [0.15, 0.2) is 77.7 Å². The fraction of sp³-hybridized carbons (Fsp3) is 0.208. The molecule has 0 aromatic heterocycles. The molecule has 0 unspecified atom stereocenters. The predicted molar refractivity (Wildman–Crippen MR) is 127 cm³/mol. The third-order valence-corrected chi connectivity index (χ3v) is 7.26. The second-order valence-electron chi connectivity index (χ2n) is 7.26. The number of carbonyl (C=O) groups excluding carboxylic acids is 1. The Morgan fingerprint density at radius 1 is 0.970 bits per heavy atom. The Labute approximate surface area is 198 Å². The lowest BCUT2D eigenvalue weighted by Gasteiger charge is -2.29. The van der Waals surface area contributed by atoms with E-state index in [4.69, 9.17) is 26.8 Å². The van der Waals surface area contributed by atoms with E-state index in [0.29, 0.717) is 22.1 Å². The second kappa shape index (κ2) is 10.7. The van der Waals surface area contributed by atoms with Crippen molar-refractivity contribution in [1.29, 1.82) is 0 Å². The van der Waals surface area contributed by atoms with Gasteiger partial charge in [-0.25, -0.2) is 8.42 Å². The van der Waals surface area contributed by atoms with Gasteiger partial charge in [0.2, 0.25) is 15.9 Å². The number of carbonyl (C=O) groups is 1. The van der Waals surface area contributed by atoms with Crippen molar-refractivity contribution in [2.24, 2.45) is 5.73 Å². The average Bonchev–Trinajstić information content (AvgIpc) is 2.81. The smallest absolute Gasteiger partial charge is 0.244 e. The Hall–Kier alpha value is -3.07. The third kappa shape index (κ3) is 5.84. The molecule has 3 aromatic carbocycles. The molecule has 0 bridgehead atoms. The topological polar surface area (TPSA) is 98.9 Å². The van der Waals surface area contributed by atoms with Crippen LogP contribution in [0.1, 0.15) is 17.2 Å². The molecule has 0 saturated carbocycles. The van der Waals surface area contributed by atoms with Crippen molar-refractivity contribution in [2.45, 2.75) is 17.4 Å². The number of rotatable bonds is 10. The first-order chi connectivity index (χ1) is 15.8. The maximum Gasteiger partial charge on any atom is 0.244 e. The van der Waals surface area contributed by atoms with Gasteiger partial charge in [-0.2, -0.15) is 4.31 Å². The number of primary amides is 1. The molecule has 0 aliphatic heterocycles. The summed E-state index contributed by atoms with van der Waals surface area (Å²) in [6, 6.07) is 18.5. The lowest BCUT2D eigenvalue weighted by atomic mass is 10.1. The second-order valence-corrected chi connectivity index (χ2v) is 9.58. The summed E-state index contributed by atoms with van der Waals surface area (Å²) in [5.74, 6) is 0.374. The molecule has 174 valence electrons. The van der Waals surface area contributed by atoms with Crippen molar-refractivity contribution in [3.05, 3.63) is 88.9 Å². The minimum absolute atomic E-state index is 0.0101. The zero-order chi connectivity index (χ0) is 24.0. The summed E-state index contributed by atoms with van der Waals surface area (Å²) in [7, 11) is -1.03. The van der Waals surface area contributed by atoms with Crippen LogP contribution in [-0.4, -0.2) is 39.4 Å². The molecule has 33 heavy (non-hydrogen) atoms. The van der Waals surface area contributed by atoms with Gasteiger partial charge in [0, 0.05) is 17.6 Å². The number of ether oxygens (including phenoxy) is 2. The zero-order valence-electron chi connectivity index (χ0n) is 18.3. The van der Waals surface area contributed by atoms with Crippen molar-refractivity contribution < 1.29 is 22.7 Å². The molecule has 0 radical (unpaired) electrons. The summed E-state index contributed by atoms with van der Waals surface area (Å²) < 4.78 is 39.1. The van der Waals surface area contributed by atoms with Crippen LogP contribution in [0.25, 0.3) is 0 Å². The van der Waals surface area contributed by atoms with E-state index < -0.39 is 22.0 Å². The van der Waals surface area contributed by atoms with Crippen LogP contribution in [0, 0.1) is 0 Å². The summed E-state index contributed by atoms with van der Waals surface area (Å²) in [5, 5.41) is 0.401. The molecule has 0 aliphatic carbocycles. The molecule has 3 rings (SSSR count). The van der Waals surface area contributed by atoms with E-state index in [1.54, 1.807) is 48.5 Å². The predicted octanol–water partition coefficient (Wildman–Crippen LogP) is 3.82. The van der Waals surface area contributed by atoms with E-state index in [2.05, 4.69) is 0 Å². The first-order valence-corrected chi connectivity index (χ1v) is 11.9. The molecule has 0 spiro atoms. The highest BCUT2D eigenvalue weighted by Crippen LogP contribution is 2.30. The summed E-state index contributed by atoms with van der Waals surface area (Å²) in [6.07, 6.45) is 0.289. The van der Waals surface area contributed by atoms with E-state index in [9.17, 15) is 13.2 Å². The third-order valence-electron chi connectivity index (χ3n) is 5.13. The summed E-state index contributed by atoms with van der Waals surface area (Å²) in [4.78, 5) is 12.6. The molecule has 0 heterocycles. The SMILES string of the molecule is COc1cc(CCN([C@@H](C(N)=O)c2ccccc2)S(=O)(=O)c2ccc(Cl)cc2)cc(OC)c1. The van der Waals surface area contributed by atoms with E-state index in [1.807, 2.05) is 0 Å². The lowest BCUT2D eigenvalue weighted by Crippen LogP contribution is -2.42. The monoisotopic (exact) mass is 488 g/mol. The minimum Gasteiger partial charge on any atom is -0.497 e. The highest BCUT2D eigenvalue weighted by atomic mass is 35.5. The van der Waals surface area contributed by atoms with Gasteiger partial charge in [0.15, 0.2) is 0 Å². The number of hydrogen-bond acceptors (Lipinski definition) is 5. The van der Waals surface area contributed by atoms with Gasteiger partial charge in [-0.15, -0.1) is 0 Å². The maximum atomic E-state index is 13.7. The fourth-order valence-electron chi connectivity index (χ4n) is 3.49. The molecular weight excluding hydrogens is 464 g/mol. The van der Waals surface area contributed by atoms with Gasteiger partial charge >= 0.3 is 0 Å². The first-order valence-electron chi connectivity index (χ1n) is 10.1. The van der Waals surface area contributed by atoms with E-state index in [-0.39, 0.29) is 17.9 Å². The van der Waals surface area contributed by atoms with Gasteiger partial charge in [0.1, 0.15) is 17.5 Å². The average molecular weight is 489 g/mol. The van der Waals surface area contributed by atoms with Crippen LogP contribution in [0.4, 0.5) is 0 Å². The van der Waals surface area contributed by atoms with Crippen LogP contribution < -0.4 is 15.2 Å². The van der Waals surface area contributed by atoms with Crippen molar-refractivity contribution in [3.8, 4) is 11.5 Å². The van der Waals surface area contributed by atoms with Crippen LogP contribution in [-0.2, 0) is 21.2 Å². The molecule has 1 amide bonds. The van der Waals surface area contributed by atoms with Crippen LogP contribution in [0.2, 0.25) is 5.02 Å². The number of nitrogens with zero attached hydrogens (tertiary/aromatic N) is 1. The van der Waals surface area contributed by atoms with Gasteiger partial charge in [-0.1, -0.05) is 41.9 Å². The van der Waals surface area contributed by atoms with Crippen LogP contribution >= 0.6 is 11.6 Å². The molecule has 0 aliphatic rings. The first kappa shape index (κ1) is 24.6. The standard InChI is InChI=1S/C24H25ClN2O5S/c1-31-20-14-17(15-21(16-20)32-2)12-13-27(23(24(26)28)18-6-4-3-5-7-18)33(29,30)22-10-8-19(25)9-11-22/h3-11,14-16,23H,12-13H2,1-2H3,(H2,26,28)/t23-/m1/s1. The molecule has 0 fully saturated rings. The molecule has 7 nitrogen and oxygen atoms in total. The van der Waals surface area contributed by atoms with E-state index in [0.717, 1.165) is 9.87 Å². The Morgan fingerprint density at radius 3 is 2.06 bits per heavy atom. The number of halogens is 1. The van der Waals surface area contributed by atoms with Gasteiger partial charge in [0.25, 0.3) is 0 Å². The van der Waals surface area contributed by atoms with Gasteiger partial charge in [-0.05, 0) is 53.9 Å². The number of sulfonamides is 1. The Morgan fingerprint density at radius 2 is 1.55 bits per heavy atom. The highest BCUT2D eigenvalue weighted by Gasteiger charge is 2.35. The van der Waals surface area contributed by atoms with Gasteiger partial charge < -0.3 is 15.2 Å². The molecule has 9 heteroatoms. The highest BCUT2D eigenvalue weighted by molar-refractivity contribution is 7.89. The van der Waals surface area contributed by atoms with Crippen molar-refractivity contribution in [1.82, 2.24) is 4.31 Å². The van der Waals surface area contributed by atoms with E-state index >= 15 is 0 Å². The maximum absolute atomic E-state index is 13.7. The number of amides is 1. The minimum atomic E-state index is -4.10. The molecule has 1 atom stereocenters. The number of methoxy groups -OCH3 is 2. The summed E-state index contributed by atoms with van der Waals surface area (Å²) in [6.45, 7) is -0.0101. The Kier molecular flexibility index (Phi) is 7.97.